The van der Waals surface area contributed by atoms with Gasteiger partial charge in [0.05, 0.1) is 11.0 Å². The number of hydrogen-bond acceptors (Lipinski definition) is 4. The van der Waals surface area contributed by atoms with Crippen molar-refractivity contribution in [2.45, 2.75) is 25.3 Å². The molecular formula is C18H20N4O2S. The summed E-state index contributed by atoms with van der Waals surface area (Å²) in [5, 5.41) is 5.03. The Morgan fingerprint density at radius 3 is 3.00 bits per heavy atom. The van der Waals surface area contributed by atoms with Gasteiger partial charge in [0.25, 0.3) is 0 Å². The number of amides is 1. The summed E-state index contributed by atoms with van der Waals surface area (Å²) in [6, 6.07) is 10.1. The van der Waals surface area contributed by atoms with Crippen LogP contribution in [0.4, 0.5) is 5.69 Å². The Hall–Kier alpha value is -2.38. The number of H-pyrrole nitrogens is 2. The lowest BCUT2D eigenvalue weighted by atomic mass is 10.2. The second-order valence-electron chi connectivity index (χ2n) is 6.35. The molecule has 6 nitrogen and oxygen atoms in total. The molecule has 7 heteroatoms. The normalized spacial score (nSPS) is 18.0. The van der Waals surface area contributed by atoms with E-state index < -0.39 is 0 Å². The number of carbonyl (C=O) groups excluding carboxylic acids is 1. The van der Waals surface area contributed by atoms with E-state index in [-0.39, 0.29) is 11.6 Å². The number of aromatic nitrogens is 2. The highest BCUT2D eigenvalue weighted by Gasteiger charge is 2.26. The maximum Gasteiger partial charge on any atom is 0.323 e. The van der Waals surface area contributed by atoms with Crippen LogP contribution in [-0.2, 0) is 4.79 Å². The highest BCUT2D eigenvalue weighted by molar-refractivity contribution is 7.10. The molecule has 0 aliphatic carbocycles. The number of carbonyl (C=O) groups is 1. The van der Waals surface area contributed by atoms with Crippen molar-refractivity contribution in [3.8, 4) is 0 Å². The lowest BCUT2D eigenvalue weighted by molar-refractivity contribution is -0.116. The number of rotatable bonds is 5. The van der Waals surface area contributed by atoms with E-state index in [1.807, 2.05) is 0 Å². The van der Waals surface area contributed by atoms with Gasteiger partial charge >= 0.3 is 5.69 Å². The summed E-state index contributed by atoms with van der Waals surface area (Å²) in [4.78, 5) is 32.8. The number of hydrogen-bond donors (Lipinski definition) is 3. The average molecular weight is 356 g/mol. The Morgan fingerprint density at radius 2 is 2.16 bits per heavy atom. The van der Waals surface area contributed by atoms with Gasteiger partial charge in [0.2, 0.25) is 5.91 Å². The maximum atomic E-state index is 12.3. The maximum absolute atomic E-state index is 12.3. The number of benzene rings is 1. The molecule has 3 heterocycles. The first-order valence-electron chi connectivity index (χ1n) is 8.48. The SMILES string of the molecule is O=C(CCN1CCC[C@H]1c1cccs1)Nc1ccc2[nH]c(=O)[nH]c2c1. The fourth-order valence-electron chi connectivity index (χ4n) is 3.48. The predicted octanol–water partition coefficient (Wildman–Crippen LogP) is 3.08. The average Bonchev–Trinajstić information content (AvgIpc) is 3.31. The molecule has 25 heavy (non-hydrogen) atoms. The number of likely N-dealkylation sites (tertiary alicyclic amines) is 1. The van der Waals surface area contributed by atoms with Crippen LogP contribution in [0.1, 0.15) is 30.2 Å². The van der Waals surface area contributed by atoms with Gasteiger partial charge < -0.3 is 15.3 Å². The molecule has 1 aromatic carbocycles. The van der Waals surface area contributed by atoms with Gasteiger partial charge in [0.1, 0.15) is 0 Å². The molecule has 1 aliphatic rings. The second-order valence-corrected chi connectivity index (χ2v) is 7.33. The Kier molecular flexibility index (Phi) is 4.42. The first-order chi connectivity index (χ1) is 12.2. The van der Waals surface area contributed by atoms with Crippen molar-refractivity contribution in [2.24, 2.45) is 0 Å². The van der Waals surface area contributed by atoms with Crippen molar-refractivity contribution >= 4 is 34.0 Å². The summed E-state index contributed by atoms with van der Waals surface area (Å²) in [6.07, 6.45) is 2.81. The summed E-state index contributed by atoms with van der Waals surface area (Å²) < 4.78 is 0. The van der Waals surface area contributed by atoms with Gasteiger partial charge in [-0.05, 0) is 49.0 Å². The molecule has 1 amide bonds. The van der Waals surface area contributed by atoms with E-state index in [2.05, 4.69) is 37.7 Å². The molecule has 1 aliphatic heterocycles. The summed E-state index contributed by atoms with van der Waals surface area (Å²) in [7, 11) is 0. The summed E-state index contributed by atoms with van der Waals surface area (Å²) in [5.41, 5.74) is 1.88. The number of thiophene rings is 1. The highest BCUT2D eigenvalue weighted by atomic mass is 32.1. The van der Waals surface area contributed by atoms with E-state index in [1.54, 1.807) is 29.5 Å². The van der Waals surface area contributed by atoms with Crippen molar-refractivity contribution in [1.82, 2.24) is 14.9 Å². The Labute approximate surface area is 148 Å². The zero-order chi connectivity index (χ0) is 17.2. The number of imidazole rings is 1. The van der Waals surface area contributed by atoms with Crippen molar-refractivity contribution in [3.05, 3.63) is 51.1 Å². The van der Waals surface area contributed by atoms with Gasteiger partial charge in [0, 0.05) is 29.6 Å². The molecule has 2 aromatic heterocycles. The van der Waals surface area contributed by atoms with Crippen LogP contribution in [0.15, 0.2) is 40.5 Å². The standard InChI is InChI=1S/C18H20N4O2S/c23-17(19-12-5-6-13-14(11-12)21-18(24)20-13)7-9-22-8-1-3-15(22)16-4-2-10-25-16/h2,4-6,10-11,15H,1,3,7-9H2,(H,19,23)(H2,20,21,24)/t15-/m0/s1. The Morgan fingerprint density at radius 1 is 1.28 bits per heavy atom. The topological polar surface area (TPSA) is 81.0 Å². The second kappa shape index (κ2) is 6.85. The molecule has 4 rings (SSSR count). The minimum atomic E-state index is -0.243. The van der Waals surface area contributed by atoms with Crippen LogP contribution in [0.3, 0.4) is 0 Å². The van der Waals surface area contributed by atoms with E-state index in [0.29, 0.717) is 23.7 Å². The summed E-state index contributed by atoms with van der Waals surface area (Å²) >= 11 is 1.79. The van der Waals surface area contributed by atoms with Gasteiger partial charge in [-0.1, -0.05) is 6.07 Å². The van der Waals surface area contributed by atoms with E-state index in [0.717, 1.165) is 18.6 Å². The number of nitrogens with one attached hydrogen (secondary N) is 3. The first-order valence-corrected chi connectivity index (χ1v) is 9.36. The predicted molar refractivity (Wildman–Crippen MR) is 100 cm³/mol. The first kappa shape index (κ1) is 16.1. The molecule has 0 unspecified atom stereocenters. The minimum absolute atomic E-state index is 0.00550. The van der Waals surface area contributed by atoms with E-state index in [9.17, 15) is 9.59 Å². The molecule has 1 fully saturated rings. The third-order valence-corrected chi connectivity index (χ3v) is 5.63. The largest absolute Gasteiger partial charge is 0.326 e. The third-order valence-electron chi connectivity index (χ3n) is 4.66. The van der Waals surface area contributed by atoms with Gasteiger partial charge in [-0.25, -0.2) is 4.79 Å². The molecule has 3 aromatic rings. The fourth-order valence-corrected chi connectivity index (χ4v) is 4.37. The summed E-state index contributed by atoms with van der Waals surface area (Å²) in [5.74, 6) is -0.00550. The monoisotopic (exact) mass is 356 g/mol. The molecular weight excluding hydrogens is 336 g/mol. The lowest BCUT2D eigenvalue weighted by Gasteiger charge is -2.23. The molecule has 0 radical (unpaired) electrons. The quantitative estimate of drug-likeness (QED) is 0.657. The van der Waals surface area contributed by atoms with Crippen LogP contribution < -0.4 is 11.0 Å². The molecule has 1 atom stereocenters. The molecule has 0 spiro atoms. The van der Waals surface area contributed by atoms with Gasteiger partial charge in [0.15, 0.2) is 0 Å². The Balaban J connectivity index is 1.36. The van der Waals surface area contributed by atoms with E-state index in [1.165, 1.54) is 17.7 Å². The van der Waals surface area contributed by atoms with E-state index >= 15 is 0 Å². The van der Waals surface area contributed by atoms with Gasteiger partial charge in [-0.15, -0.1) is 11.3 Å². The smallest absolute Gasteiger partial charge is 0.323 e. The zero-order valence-electron chi connectivity index (χ0n) is 13.7. The van der Waals surface area contributed by atoms with Gasteiger partial charge in [-0.3, -0.25) is 9.69 Å². The van der Waals surface area contributed by atoms with Crippen LogP contribution in [0, 0.1) is 0 Å². The van der Waals surface area contributed by atoms with Crippen molar-refractivity contribution in [1.29, 1.82) is 0 Å². The third kappa shape index (κ3) is 3.52. The number of anilines is 1. The summed E-state index contributed by atoms with van der Waals surface area (Å²) in [6.45, 7) is 1.81. The van der Waals surface area contributed by atoms with Crippen molar-refractivity contribution < 1.29 is 4.79 Å². The van der Waals surface area contributed by atoms with Crippen LogP contribution in [0.25, 0.3) is 11.0 Å². The molecule has 3 N–H and O–H groups in total. The number of aromatic amines is 2. The minimum Gasteiger partial charge on any atom is -0.326 e. The molecule has 130 valence electrons. The molecule has 0 bridgehead atoms. The Bertz CT molecular complexity index is 928. The van der Waals surface area contributed by atoms with Gasteiger partial charge in [-0.2, -0.15) is 0 Å². The lowest BCUT2D eigenvalue weighted by Crippen LogP contribution is -2.27. The van der Waals surface area contributed by atoms with Crippen LogP contribution in [0.2, 0.25) is 0 Å². The zero-order valence-corrected chi connectivity index (χ0v) is 14.6. The van der Waals surface area contributed by atoms with Crippen molar-refractivity contribution in [2.75, 3.05) is 18.4 Å². The van der Waals surface area contributed by atoms with Crippen LogP contribution >= 0.6 is 11.3 Å². The fraction of sp³-hybridized carbons (Fsp3) is 0.333. The van der Waals surface area contributed by atoms with E-state index in [4.69, 9.17) is 0 Å². The van der Waals surface area contributed by atoms with Crippen LogP contribution in [0.5, 0.6) is 0 Å². The molecule has 1 saturated heterocycles. The highest BCUT2D eigenvalue weighted by Crippen LogP contribution is 2.34. The number of fused-ring (bicyclic) bond motifs is 1. The van der Waals surface area contributed by atoms with Crippen molar-refractivity contribution in [3.63, 3.8) is 0 Å². The molecule has 0 saturated carbocycles. The number of nitrogens with zero attached hydrogens (tertiary/aromatic N) is 1. The van der Waals surface area contributed by atoms with Crippen LogP contribution in [-0.4, -0.2) is 33.9 Å².